The lowest BCUT2D eigenvalue weighted by Crippen LogP contribution is -2.48. The minimum atomic E-state index is -1.31. The maximum absolute atomic E-state index is 11.8. The van der Waals surface area contributed by atoms with Gasteiger partial charge in [-0.3, -0.25) is 10.2 Å². The number of hydrogen-bond acceptors (Lipinski definition) is 7. The van der Waals surface area contributed by atoms with Crippen molar-refractivity contribution in [2.24, 2.45) is 10.9 Å². The molecule has 1 atom stereocenters. The van der Waals surface area contributed by atoms with E-state index in [-0.39, 0.29) is 32.0 Å². The number of amides is 2. The molecule has 0 aliphatic carbocycles. The Labute approximate surface area is 174 Å². The van der Waals surface area contributed by atoms with E-state index in [0.29, 0.717) is 12.0 Å². The predicted molar refractivity (Wildman–Crippen MR) is 109 cm³/mol. The summed E-state index contributed by atoms with van der Waals surface area (Å²) in [6.07, 6.45) is 2.06. The van der Waals surface area contributed by atoms with E-state index in [1.54, 1.807) is 24.3 Å². The van der Waals surface area contributed by atoms with E-state index >= 15 is 0 Å². The number of carboxylic acid groups (broad SMARTS) is 1. The Morgan fingerprint density at radius 1 is 1.27 bits per heavy atom. The van der Waals surface area contributed by atoms with E-state index in [1.165, 1.54) is 6.21 Å². The summed E-state index contributed by atoms with van der Waals surface area (Å²) in [7, 11) is 0. The molecule has 6 N–H and O–H groups in total. The minimum absolute atomic E-state index is 0.0158. The number of alkyl carbamates (subject to hydrolysis) is 1. The fourth-order valence-electron chi connectivity index (χ4n) is 2.04. The van der Waals surface area contributed by atoms with Gasteiger partial charge in [0.05, 0.1) is 19.2 Å². The number of hydrogen-bond donors (Lipinski definition) is 5. The maximum Gasteiger partial charge on any atom is 0.407 e. The van der Waals surface area contributed by atoms with Gasteiger partial charge in [-0.2, -0.15) is 0 Å². The highest BCUT2D eigenvalue weighted by molar-refractivity contribution is 5.95. The second-order valence-electron chi connectivity index (χ2n) is 6.18. The van der Waals surface area contributed by atoms with E-state index in [4.69, 9.17) is 25.8 Å². The van der Waals surface area contributed by atoms with Crippen LogP contribution in [0.4, 0.5) is 4.79 Å². The van der Waals surface area contributed by atoms with Gasteiger partial charge in [0.15, 0.2) is 0 Å². The Morgan fingerprint density at radius 2 is 1.97 bits per heavy atom. The Balaban J connectivity index is 2.29. The summed E-state index contributed by atoms with van der Waals surface area (Å²) in [6, 6.07) is 5.46. The zero-order valence-electron chi connectivity index (χ0n) is 16.7. The molecule has 1 aromatic carbocycles. The average Bonchev–Trinajstić information content (AvgIpc) is 2.71. The lowest BCUT2D eigenvalue weighted by Gasteiger charge is -2.15. The van der Waals surface area contributed by atoms with Crippen LogP contribution in [0, 0.1) is 5.41 Å². The molecule has 0 bridgehead atoms. The molecule has 11 nitrogen and oxygen atoms in total. The second kappa shape index (κ2) is 13.5. The number of nitrogens with zero attached hydrogens (tertiary/aromatic N) is 1. The number of amidine groups is 1. The predicted octanol–water partition coefficient (Wildman–Crippen LogP) is 0.807. The SMILES string of the molecule is CCCCOC(=O)NC(CNC(=O)CCO/N=C/c1ccc(C(=N)N)cc1)C(=O)O. The van der Waals surface area contributed by atoms with Gasteiger partial charge >= 0.3 is 12.1 Å². The van der Waals surface area contributed by atoms with Crippen LogP contribution in [0.1, 0.15) is 37.3 Å². The molecule has 0 fully saturated rings. The first-order valence-electron chi connectivity index (χ1n) is 9.36. The third kappa shape index (κ3) is 10.1. The number of nitrogens with one attached hydrogen (secondary N) is 3. The first-order valence-corrected chi connectivity index (χ1v) is 9.36. The number of benzene rings is 1. The molecule has 0 aromatic heterocycles. The summed E-state index contributed by atoms with van der Waals surface area (Å²) in [4.78, 5) is 39.5. The first kappa shape index (κ1) is 24.4. The first-order chi connectivity index (χ1) is 14.3. The molecule has 1 unspecified atom stereocenters. The Morgan fingerprint density at radius 3 is 2.57 bits per heavy atom. The number of nitrogens with two attached hydrogens (primary N) is 1. The zero-order valence-corrected chi connectivity index (χ0v) is 16.7. The number of carbonyl (C=O) groups excluding carboxylic acids is 2. The van der Waals surface area contributed by atoms with Crippen molar-refractivity contribution >= 4 is 30.0 Å². The van der Waals surface area contributed by atoms with E-state index in [1.807, 2.05) is 6.92 Å². The Bertz CT molecular complexity index is 750. The van der Waals surface area contributed by atoms with E-state index in [9.17, 15) is 14.4 Å². The third-order valence-electron chi connectivity index (χ3n) is 3.74. The molecular weight excluding hydrogens is 394 g/mol. The summed E-state index contributed by atoms with van der Waals surface area (Å²) in [6.45, 7) is 1.82. The lowest BCUT2D eigenvalue weighted by molar-refractivity contribution is -0.139. The van der Waals surface area contributed by atoms with Crippen molar-refractivity contribution < 1.29 is 29.1 Å². The highest BCUT2D eigenvalue weighted by Crippen LogP contribution is 2.01. The van der Waals surface area contributed by atoms with Gasteiger partial charge in [0, 0.05) is 12.1 Å². The molecule has 30 heavy (non-hydrogen) atoms. The normalized spacial score (nSPS) is 11.5. The summed E-state index contributed by atoms with van der Waals surface area (Å²) >= 11 is 0. The fraction of sp³-hybridized carbons (Fsp3) is 0.421. The van der Waals surface area contributed by atoms with Gasteiger partial charge in [-0.1, -0.05) is 42.8 Å². The smallest absolute Gasteiger partial charge is 0.407 e. The van der Waals surface area contributed by atoms with Gasteiger partial charge in [-0.25, -0.2) is 9.59 Å². The maximum atomic E-state index is 11.8. The molecule has 2 amide bonds. The van der Waals surface area contributed by atoms with Crippen molar-refractivity contribution in [3.8, 4) is 0 Å². The van der Waals surface area contributed by atoms with Crippen LogP contribution in [-0.2, 0) is 19.2 Å². The van der Waals surface area contributed by atoms with Crippen LogP contribution in [0.25, 0.3) is 0 Å². The second-order valence-corrected chi connectivity index (χ2v) is 6.18. The van der Waals surface area contributed by atoms with Gasteiger partial charge in [0.2, 0.25) is 5.91 Å². The number of unbranched alkanes of at least 4 members (excludes halogenated alkanes) is 1. The molecule has 0 saturated carbocycles. The number of aliphatic carboxylic acids is 1. The zero-order chi connectivity index (χ0) is 22.4. The lowest BCUT2D eigenvalue weighted by atomic mass is 10.1. The van der Waals surface area contributed by atoms with Crippen molar-refractivity contribution in [2.75, 3.05) is 19.8 Å². The quantitative estimate of drug-likeness (QED) is 0.135. The minimum Gasteiger partial charge on any atom is -0.480 e. The standard InChI is InChI=1S/C19H27N5O6/c1-2-3-9-29-19(28)24-15(18(26)27)12-22-16(25)8-10-30-23-11-13-4-6-14(7-5-13)17(20)21/h4-7,11,15H,2-3,8-10,12H2,1H3,(H3,20,21)(H,22,25)(H,24,28)(H,26,27)/b23-11+. The molecular formula is C19H27N5O6. The van der Waals surface area contributed by atoms with Crippen molar-refractivity contribution in [1.82, 2.24) is 10.6 Å². The molecule has 11 heteroatoms. The van der Waals surface area contributed by atoms with Crippen LogP contribution in [0.5, 0.6) is 0 Å². The molecule has 0 saturated heterocycles. The van der Waals surface area contributed by atoms with Crippen LogP contribution in [-0.4, -0.2) is 60.9 Å². The van der Waals surface area contributed by atoms with Gasteiger partial charge in [-0.15, -0.1) is 0 Å². The highest BCUT2D eigenvalue weighted by atomic mass is 16.6. The van der Waals surface area contributed by atoms with Crippen molar-refractivity contribution in [3.05, 3.63) is 35.4 Å². The van der Waals surface area contributed by atoms with Gasteiger partial charge in [0.1, 0.15) is 18.5 Å². The van der Waals surface area contributed by atoms with Crippen LogP contribution < -0.4 is 16.4 Å². The Hall–Kier alpha value is -3.63. The monoisotopic (exact) mass is 421 g/mol. The van der Waals surface area contributed by atoms with Crippen LogP contribution >= 0.6 is 0 Å². The van der Waals surface area contributed by atoms with Crippen LogP contribution in [0.3, 0.4) is 0 Å². The molecule has 0 aliphatic rings. The van der Waals surface area contributed by atoms with E-state index < -0.39 is 24.0 Å². The fourth-order valence-corrected chi connectivity index (χ4v) is 2.04. The summed E-state index contributed by atoms with van der Waals surface area (Å²) in [5.41, 5.74) is 6.69. The molecule has 0 aliphatic heterocycles. The van der Waals surface area contributed by atoms with Gasteiger partial charge in [-0.05, 0) is 12.0 Å². The average molecular weight is 421 g/mol. The molecule has 1 rings (SSSR count). The third-order valence-corrected chi connectivity index (χ3v) is 3.74. The van der Waals surface area contributed by atoms with Crippen molar-refractivity contribution in [3.63, 3.8) is 0 Å². The number of rotatable bonds is 13. The summed E-state index contributed by atoms with van der Waals surface area (Å²) in [5.74, 6) is -1.78. The topological polar surface area (TPSA) is 176 Å². The summed E-state index contributed by atoms with van der Waals surface area (Å²) in [5, 5.41) is 24.8. The highest BCUT2D eigenvalue weighted by Gasteiger charge is 2.21. The van der Waals surface area contributed by atoms with E-state index in [0.717, 1.165) is 12.0 Å². The molecule has 0 heterocycles. The molecule has 0 spiro atoms. The van der Waals surface area contributed by atoms with Gasteiger partial charge < -0.3 is 31.0 Å². The molecule has 164 valence electrons. The largest absolute Gasteiger partial charge is 0.480 e. The Kier molecular flexibility index (Phi) is 11.0. The van der Waals surface area contributed by atoms with E-state index in [2.05, 4.69) is 15.8 Å². The molecule has 1 aromatic rings. The van der Waals surface area contributed by atoms with Crippen LogP contribution in [0.2, 0.25) is 0 Å². The van der Waals surface area contributed by atoms with Crippen LogP contribution in [0.15, 0.2) is 29.4 Å². The van der Waals surface area contributed by atoms with Gasteiger partial charge in [0.25, 0.3) is 0 Å². The van der Waals surface area contributed by atoms with Crippen molar-refractivity contribution in [2.45, 2.75) is 32.2 Å². The number of oxime groups is 1. The van der Waals surface area contributed by atoms with Crippen molar-refractivity contribution in [1.29, 1.82) is 5.41 Å². The molecule has 0 radical (unpaired) electrons. The summed E-state index contributed by atoms with van der Waals surface area (Å²) < 4.78 is 4.84. The number of nitrogen functional groups attached to an aromatic ring is 1. The number of carboxylic acids is 1. The number of ether oxygens (including phenoxy) is 1. The number of carbonyl (C=O) groups is 3.